The van der Waals surface area contributed by atoms with Gasteiger partial charge in [0.15, 0.2) is 0 Å². The maximum atomic E-state index is 12.6. The van der Waals surface area contributed by atoms with E-state index in [0.29, 0.717) is 6.42 Å². The molecule has 0 aromatic heterocycles. The summed E-state index contributed by atoms with van der Waals surface area (Å²) in [7, 11) is 0. The van der Waals surface area contributed by atoms with E-state index in [2.05, 4.69) is 5.32 Å². The van der Waals surface area contributed by atoms with E-state index in [1.54, 1.807) is 6.92 Å². The van der Waals surface area contributed by atoms with Crippen LogP contribution in [0.2, 0.25) is 5.02 Å². The smallest absolute Gasteiger partial charge is 0.330 e. The van der Waals surface area contributed by atoms with E-state index in [0.717, 1.165) is 12.1 Å². The monoisotopic (exact) mass is 294 g/mol. The Kier molecular flexibility index (Phi) is 5.20. The lowest BCUT2D eigenvalue weighted by Crippen LogP contribution is -2.28. The SMILES string of the molecule is CCC(CN)C(=O)Nc1ccc(Cl)c(C(F)(F)F)c1. The highest BCUT2D eigenvalue weighted by Gasteiger charge is 2.33. The van der Waals surface area contributed by atoms with Gasteiger partial charge < -0.3 is 11.1 Å². The van der Waals surface area contributed by atoms with E-state index in [1.165, 1.54) is 6.07 Å². The third-order valence-electron chi connectivity index (χ3n) is 2.69. The maximum Gasteiger partial charge on any atom is 0.417 e. The summed E-state index contributed by atoms with van der Waals surface area (Å²) in [5, 5.41) is 2.00. The van der Waals surface area contributed by atoms with Crippen LogP contribution in [0.3, 0.4) is 0 Å². The zero-order chi connectivity index (χ0) is 14.6. The van der Waals surface area contributed by atoms with Crippen LogP contribution >= 0.6 is 11.6 Å². The molecule has 1 aromatic carbocycles. The zero-order valence-corrected chi connectivity index (χ0v) is 11.0. The van der Waals surface area contributed by atoms with Crippen LogP contribution in [0.15, 0.2) is 18.2 Å². The second-order valence-corrected chi connectivity index (χ2v) is 4.43. The molecule has 0 bridgehead atoms. The van der Waals surface area contributed by atoms with Crippen LogP contribution < -0.4 is 11.1 Å². The Morgan fingerprint density at radius 3 is 2.58 bits per heavy atom. The molecule has 0 aliphatic rings. The summed E-state index contributed by atoms with van der Waals surface area (Å²) in [5.74, 6) is -0.828. The van der Waals surface area contributed by atoms with Gasteiger partial charge in [0, 0.05) is 12.2 Å². The third-order valence-corrected chi connectivity index (χ3v) is 3.02. The number of benzene rings is 1. The summed E-state index contributed by atoms with van der Waals surface area (Å²) in [6, 6.07) is 3.23. The van der Waals surface area contributed by atoms with Gasteiger partial charge in [-0.1, -0.05) is 18.5 Å². The molecule has 0 fully saturated rings. The molecule has 0 radical (unpaired) electrons. The Hall–Kier alpha value is -1.27. The number of rotatable bonds is 4. The molecule has 0 saturated carbocycles. The summed E-state index contributed by atoms with van der Waals surface area (Å²) < 4.78 is 37.9. The molecule has 0 heterocycles. The molecule has 106 valence electrons. The highest BCUT2D eigenvalue weighted by atomic mass is 35.5. The summed E-state index contributed by atoms with van der Waals surface area (Å²) in [5.41, 5.74) is 4.47. The zero-order valence-electron chi connectivity index (χ0n) is 10.2. The first-order chi connectivity index (χ1) is 8.79. The number of carbonyl (C=O) groups excluding carboxylic acids is 1. The highest BCUT2D eigenvalue weighted by Crippen LogP contribution is 2.36. The number of amides is 1. The van der Waals surface area contributed by atoms with Crippen molar-refractivity contribution in [3.8, 4) is 0 Å². The first-order valence-corrected chi connectivity index (χ1v) is 6.05. The van der Waals surface area contributed by atoms with Crippen molar-refractivity contribution >= 4 is 23.2 Å². The molecule has 0 spiro atoms. The van der Waals surface area contributed by atoms with E-state index >= 15 is 0 Å². The largest absolute Gasteiger partial charge is 0.417 e. The molecule has 1 unspecified atom stereocenters. The molecule has 7 heteroatoms. The topological polar surface area (TPSA) is 55.1 Å². The van der Waals surface area contributed by atoms with E-state index in [9.17, 15) is 18.0 Å². The Balaban J connectivity index is 2.95. The molecule has 3 nitrogen and oxygen atoms in total. The van der Waals surface area contributed by atoms with Gasteiger partial charge in [0.2, 0.25) is 5.91 Å². The van der Waals surface area contributed by atoms with Crippen molar-refractivity contribution in [3.63, 3.8) is 0 Å². The van der Waals surface area contributed by atoms with Crippen molar-refractivity contribution < 1.29 is 18.0 Å². The fourth-order valence-electron chi connectivity index (χ4n) is 1.52. The van der Waals surface area contributed by atoms with Crippen LogP contribution in [-0.2, 0) is 11.0 Å². The van der Waals surface area contributed by atoms with Gasteiger partial charge in [-0.15, -0.1) is 0 Å². The molecule has 1 atom stereocenters. The molecule has 1 aromatic rings. The predicted molar refractivity (Wildman–Crippen MR) is 67.9 cm³/mol. The standard InChI is InChI=1S/C12H14ClF3N2O/c1-2-7(6-17)11(19)18-8-3-4-10(13)9(5-8)12(14,15)16/h3-5,7H,2,6,17H2,1H3,(H,18,19). The molecule has 1 rings (SSSR count). The number of hydrogen-bond donors (Lipinski definition) is 2. The van der Waals surface area contributed by atoms with Crippen LogP contribution in [0, 0.1) is 5.92 Å². The lowest BCUT2D eigenvalue weighted by atomic mass is 10.1. The predicted octanol–water partition coefficient (Wildman–Crippen LogP) is 3.28. The average molecular weight is 295 g/mol. The maximum absolute atomic E-state index is 12.6. The van der Waals surface area contributed by atoms with Gasteiger partial charge in [0.25, 0.3) is 0 Å². The van der Waals surface area contributed by atoms with E-state index < -0.39 is 28.6 Å². The molecular weight excluding hydrogens is 281 g/mol. The second-order valence-electron chi connectivity index (χ2n) is 4.02. The van der Waals surface area contributed by atoms with Crippen LogP contribution in [0.1, 0.15) is 18.9 Å². The fourth-order valence-corrected chi connectivity index (χ4v) is 1.75. The number of nitrogens with one attached hydrogen (secondary N) is 1. The summed E-state index contributed by atoms with van der Waals surface area (Å²) >= 11 is 5.48. The number of anilines is 1. The van der Waals surface area contributed by atoms with Gasteiger partial charge >= 0.3 is 6.18 Å². The van der Waals surface area contributed by atoms with E-state index in [4.69, 9.17) is 17.3 Å². The van der Waals surface area contributed by atoms with Crippen molar-refractivity contribution in [1.29, 1.82) is 0 Å². The van der Waals surface area contributed by atoms with Crippen LogP contribution in [0.4, 0.5) is 18.9 Å². The average Bonchev–Trinajstić information content (AvgIpc) is 2.31. The van der Waals surface area contributed by atoms with E-state index in [-0.39, 0.29) is 12.2 Å². The Bertz CT molecular complexity index is 459. The van der Waals surface area contributed by atoms with Crippen LogP contribution in [0.25, 0.3) is 0 Å². The minimum Gasteiger partial charge on any atom is -0.330 e. The van der Waals surface area contributed by atoms with E-state index in [1.807, 2.05) is 0 Å². The lowest BCUT2D eigenvalue weighted by molar-refractivity contribution is -0.137. The van der Waals surface area contributed by atoms with Crippen LogP contribution in [-0.4, -0.2) is 12.5 Å². The van der Waals surface area contributed by atoms with Crippen molar-refractivity contribution in [3.05, 3.63) is 28.8 Å². The minimum atomic E-state index is -4.56. The van der Waals surface area contributed by atoms with Gasteiger partial charge in [-0.3, -0.25) is 4.79 Å². The Morgan fingerprint density at radius 2 is 2.11 bits per heavy atom. The molecule has 0 saturated heterocycles. The fraction of sp³-hybridized carbons (Fsp3) is 0.417. The van der Waals surface area contributed by atoms with Gasteiger partial charge in [-0.05, 0) is 24.6 Å². The van der Waals surface area contributed by atoms with Crippen molar-refractivity contribution in [1.82, 2.24) is 0 Å². The van der Waals surface area contributed by atoms with Crippen LogP contribution in [0.5, 0.6) is 0 Å². The summed E-state index contributed by atoms with van der Waals surface area (Å²) in [6.07, 6.45) is -4.04. The van der Waals surface area contributed by atoms with Gasteiger partial charge in [0.05, 0.1) is 16.5 Å². The number of carbonyl (C=O) groups is 1. The molecule has 1 amide bonds. The number of halogens is 4. The highest BCUT2D eigenvalue weighted by molar-refractivity contribution is 6.31. The number of hydrogen-bond acceptors (Lipinski definition) is 2. The van der Waals surface area contributed by atoms with Crippen molar-refractivity contribution in [2.75, 3.05) is 11.9 Å². The lowest BCUT2D eigenvalue weighted by Gasteiger charge is -2.15. The van der Waals surface area contributed by atoms with Gasteiger partial charge in [-0.25, -0.2) is 0 Å². The quantitative estimate of drug-likeness (QED) is 0.895. The first kappa shape index (κ1) is 15.8. The van der Waals surface area contributed by atoms with Gasteiger partial charge in [0.1, 0.15) is 0 Å². The molecule has 3 N–H and O–H groups in total. The molecule has 0 aliphatic heterocycles. The molecule has 19 heavy (non-hydrogen) atoms. The summed E-state index contributed by atoms with van der Waals surface area (Å²) in [4.78, 5) is 11.7. The Morgan fingerprint density at radius 1 is 1.47 bits per heavy atom. The second kappa shape index (κ2) is 6.25. The first-order valence-electron chi connectivity index (χ1n) is 5.67. The third kappa shape index (κ3) is 4.11. The normalized spacial score (nSPS) is 13.2. The molecular formula is C12H14ClF3N2O. The minimum absolute atomic E-state index is 0.0497. The van der Waals surface area contributed by atoms with Crippen molar-refractivity contribution in [2.45, 2.75) is 19.5 Å². The molecule has 0 aliphatic carbocycles. The summed E-state index contributed by atoms with van der Waals surface area (Å²) in [6.45, 7) is 1.92. The number of nitrogens with two attached hydrogens (primary N) is 1. The number of alkyl halides is 3. The van der Waals surface area contributed by atoms with Gasteiger partial charge in [-0.2, -0.15) is 13.2 Å². The Labute approximate surface area is 113 Å². The van der Waals surface area contributed by atoms with Crippen molar-refractivity contribution in [2.24, 2.45) is 11.7 Å².